The molecule has 0 atom stereocenters. The number of rotatable bonds is 2. The van der Waals surface area contributed by atoms with Gasteiger partial charge in [0.2, 0.25) is 0 Å². The van der Waals surface area contributed by atoms with Crippen LogP contribution < -0.4 is 0 Å². The number of hydrogen-bond donors (Lipinski definition) is 1. The molecule has 0 spiro atoms. The molecule has 0 amide bonds. The van der Waals surface area contributed by atoms with E-state index in [4.69, 9.17) is 0 Å². The summed E-state index contributed by atoms with van der Waals surface area (Å²) in [5.74, 6) is 0.149. The predicted octanol–water partition coefficient (Wildman–Crippen LogP) is 2.57. The molecule has 11 heavy (non-hydrogen) atoms. The van der Waals surface area contributed by atoms with Crippen molar-refractivity contribution in [1.82, 2.24) is 0 Å². The first-order valence-corrected chi connectivity index (χ1v) is 4.01. The maximum Gasteiger partial charge on any atom is 0.163 e. The lowest BCUT2D eigenvalue weighted by Crippen LogP contribution is -1.96. The van der Waals surface area contributed by atoms with Gasteiger partial charge in [0.05, 0.1) is 0 Å². The van der Waals surface area contributed by atoms with Crippen molar-refractivity contribution in [2.75, 3.05) is 0 Å². The van der Waals surface area contributed by atoms with Gasteiger partial charge in [-0.2, -0.15) is 0 Å². The normalized spacial score (nSPS) is 9.64. The molecule has 2 heteroatoms. The van der Waals surface area contributed by atoms with Crippen LogP contribution in [0.1, 0.15) is 23.7 Å². The van der Waals surface area contributed by atoms with Crippen molar-refractivity contribution < 1.29 is 4.79 Å². The average Bonchev–Trinajstić information content (AvgIpc) is 2.04. The van der Waals surface area contributed by atoms with Crippen molar-refractivity contribution in [3.05, 3.63) is 29.8 Å². The summed E-state index contributed by atoms with van der Waals surface area (Å²) in [4.78, 5) is 11.9. The van der Waals surface area contributed by atoms with E-state index in [1.165, 1.54) is 0 Å². The van der Waals surface area contributed by atoms with Gasteiger partial charge in [-0.3, -0.25) is 4.79 Å². The average molecular weight is 166 g/mol. The highest BCUT2D eigenvalue weighted by atomic mass is 32.1. The summed E-state index contributed by atoms with van der Waals surface area (Å²) in [6.45, 7) is 1.85. The third-order valence-electron chi connectivity index (χ3n) is 1.53. The van der Waals surface area contributed by atoms with E-state index in [9.17, 15) is 4.79 Å². The third-order valence-corrected chi connectivity index (χ3v) is 1.92. The molecule has 0 aliphatic heterocycles. The molecule has 1 aromatic carbocycles. The van der Waals surface area contributed by atoms with Crippen molar-refractivity contribution in [3.8, 4) is 0 Å². The molecule has 1 aromatic rings. The van der Waals surface area contributed by atoms with Crippen molar-refractivity contribution in [2.45, 2.75) is 18.2 Å². The van der Waals surface area contributed by atoms with E-state index in [-0.39, 0.29) is 5.78 Å². The van der Waals surface area contributed by atoms with Gasteiger partial charge in [-0.1, -0.05) is 25.1 Å². The Morgan fingerprint density at radius 3 is 2.64 bits per heavy atom. The molecular formula is C9H10OS. The van der Waals surface area contributed by atoms with Crippen molar-refractivity contribution in [3.63, 3.8) is 0 Å². The Morgan fingerprint density at radius 1 is 1.45 bits per heavy atom. The van der Waals surface area contributed by atoms with Gasteiger partial charge in [-0.25, -0.2) is 0 Å². The number of benzene rings is 1. The first kappa shape index (κ1) is 8.34. The van der Waals surface area contributed by atoms with Crippen LogP contribution >= 0.6 is 12.6 Å². The van der Waals surface area contributed by atoms with Crippen molar-refractivity contribution >= 4 is 18.4 Å². The minimum Gasteiger partial charge on any atom is -0.294 e. The van der Waals surface area contributed by atoms with Gasteiger partial charge in [0.25, 0.3) is 0 Å². The minimum atomic E-state index is 0.149. The lowest BCUT2D eigenvalue weighted by atomic mass is 10.1. The Hall–Kier alpha value is -0.760. The number of thiol groups is 1. The summed E-state index contributed by atoms with van der Waals surface area (Å²) in [5, 5.41) is 0. The number of hydrogen-bond acceptors (Lipinski definition) is 2. The smallest absolute Gasteiger partial charge is 0.163 e. The van der Waals surface area contributed by atoms with Crippen LogP contribution in [-0.4, -0.2) is 5.78 Å². The van der Waals surface area contributed by atoms with E-state index < -0.39 is 0 Å². The Labute approximate surface area is 71.8 Å². The second-order valence-electron chi connectivity index (χ2n) is 2.29. The molecule has 0 aliphatic rings. The number of Topliss-reactive ketones (excluding diaryl/α,β-unsaturated/α-hetero) is 1. The molecule has 0 heterocycles. The predicted molar refractivity (Wildman–Crippen MR) is 48.3 cm³/mol. The maximum absolute atomic E-state index is 11.2. The van der Waals surface area contributed by atoms with E-state index in [1.807, 2.05) is 25.1 Å². The summed E-state index contributed by atoms with van der Waals surface area (Å²) >= 11 is 4.17. The van der Waals surface area contributed by atoms with Gasteiger partial charge < -0.3 is 0 Å². The van der Waals surface area contributed by atoms with Crippen molar-refractivity contribution in [2.24, 2.45) is 0 Å². The van der Waals surface area contributed by atoms with Gasteiger partial charge in [0.1, 0.15) is 0 Å². The topological polar surface area (TPSA) is 17.1 Å². The van der Waals surface area contributed by atoms with E-state index in [1.54, 1.807) is 6.07 Å². The standard InChI is InChI=1S/C9H10OS/c1-2-8(10)7-5-3-4-6-9(7)11/h3-6,11H,2H2,1H3. The van der Waals surface area contributed by atoms with E-state index in [2.05, 4.69) is 12.6 Å². The van der Waals surface area contributed by atoms with Gasteiger partial charge in [0, 0.05) is 16.9 Å². The van der Waals surface area contributed by atoms with Crippen LogP contribution in [0.4, 0.5) is 0 Å². The zero-order valence-electron chi connectivity index (χ0n) is 6.37. The Balaban J connectivity index is 3.03. The Bertz CT molecular complexity index is 268. The molecule has 58 valence electrons. The molecule has 0 aromatic heterocycles. The third kappa shape index (κ3) is 1.84. The molecular weight excluding hydrogens is 156 g/mol. The summed E-state index contributed by atoms with van der Waals surface area (Å²) in [6, 6.07) is 7.34. The molecule has 0 saturated carbocycles. The fourth-order valence-corrected chi connectivity index (χ4v) is 1.19. The molecule has 0 aliphatic carbocycles. The van der Waals surface area contributed by atoms with E-state index in [0.29, 0.717) is 6.42 Å². The largest absolute Gasteiger partial charge is 0.294 e. The zero-order chi connectivity index (χ0) is 8.27. The summed E-state index contributed by atoms with van der Waals surface area (Å²) in [5.41, 5.74) is 0.721. The van der Waals surface area contributed by atoms with Crippen LogP contribution in [0.25, 0.3) is 0 Å². The van der Waals surface area contributed by atoms with Crippen LogP contribution in [0.15, 0.2) is 29.2 Å². The molecule has 0 unspecified atom stereocenters. The molecule has 1 nitrogen and oxygen atoms in total. The number of ketones is 1. The van der Waals surface area contributed by atoms with Crippen LogP contribution in [0.3, 0.4) is 0 Å². The van der Waals surface area contributed by atoms with Crippen LogP contribution in [0, 0.1) is 0 Å². The molecule has 1 rings (SSSR count). The molecule has 0 saturated heterocycles. The molecule has 0 N–H and O–H groups in total. The molecule has 0 radical (unpaired) electrons. The highest BCUT2D eigenvalue weighted by molar-refractivity contribution is 7.80. The van der Waals surface area contributed by atoms with Crippen LogP contribution in [0.2, 0.25) is 0 Å². The molecule has 0 fully saturated rings. The minimum absolute atomic E-state index is 0.149. The summed E-state index contributed by atoms with van der Waals surface area (Å²) < 4.78 is 0. The summed E-state index contributed by atoms with van der Waals surface area (Å²) in [6.07, 6.45) is 0.539. The monoisotopic (exact) mass is 166 g/mol. The number of carbonyl (C=O) groups excluding carboxylic acids is 1. The fraction of sp³-hybridized carbons (Fsp3) is 0.222. The second-order valence-corrected chi connectivity index (χ2v) is 2.78. The van der Waals surface area contributed by atoms with E-state index in [0.717, 1.165) is 10.5 Å². The lowest BCUT2D eigenvalue weighted by molar-refractivity contribution is 0.0985. The highest BCUT2D eigenvalue weighted by Crippen LogP contribution is 2.14. The zero-order valence-corrected chi connectivity index (χ0v) is 7.27. The Kier molecular flexibility index (Phi) is 2.71. The molecule has 0 bridgehead atoms. The first-order valence-electron chi connectivity index (χ1n) is 3.57. The SMILES string of the molecule is CCC(=O)c1ccccc1S. The van der Waals surface area contributed by atoms with Gasteiger partial charge in [0.15, 0.2) is 5.78 Å². The van der Waals surface area contributed by atoms with Crippen LogP contribution in [-0.2, 0) is 0 Å². The van der Waals surface area contributed by atoms with Crippen molar-refractivity contribution in [1.29, 1.82) is 0 Å². The van der Waals surface area contributed by atoms with Gasteiger partial charge in [-0.05, 0) is 6.07 Å². The van der Waals surface area contributed by atoms with Gasteiger partial charge >= 0.3 is 0 Å². The van der Waals surface area contributed by atoms with Crippen LogP contribution in [0.5, 0.6) is 0 Å². The van der Waals surface area contributed by atoms with E-state index >= 15 is 0 Å². The fourth-order valence-electron chi connectivity index (χ4n) is 0.900. The Morgan fingerprint density at radius 2 is 2.09 bits per heavy atom. The van der Waals surface area contributed by atoms with Gasteiger partial charge in [-0.15, -0.1) is 12.6 Å². The quantitative estimate of drug-likeness (QED) is 0.528. The number of carbonyl (C=O) groups is 1. The first-order chi connectivity index (χ1) is 5.25. The summed E-state index contributed by atoms with van der Waals surface area (Å²) in [7, 11) is 0. The second kappa shape index (κ2) is 3.58. The maximum atomic E-state index is 11.2. The lowest BCUT2D eigenvalue weighted by Gasteiger charge is -1.99. The highest BCUT2D eigenvalue weighted by Gasteiger charge is 2.04.